The minimum atomic E-state index is 0.0797. The molecule has 0 saturated heterocycles. The van der Waals surface area contributed by atoms with Crippen molar-refractivity contribution < 1.29 is 0 Å². The molecule has 2 heterocycles. The minimum absolute atomic E-state index is 0.0797. The Morgan fingerprint density at radius 2 is 2.29 bits per heavy atom. The molecule has 2 aromatic rings. The van der Waals surface area contributed by atoms with Crippen LogP contribution in [-0.4, -0.2) is 14.1 Å². The van der Waals surface area contributed by atoms with Crippen molar-refractivity contribution in [2.24, 2.45) is 0 Å². The molecule has 0 aliphatic heterocycles. The minimum Gasteiger partial charge on any atom is -0.330 e. The molecule has 4 nitrogen and oxygen atoms in total. The predicted molar refractivity (Wildman–Crippen MR) is 65.0 cm³/mol. The molecule has 1 fully saturated rings. The largest absolute Gasteiger partial charge is 0.330 e. The second-order valence-electron chi connectivity index (χ2n) is 4.65. The summed E-state index contributed by atoms with van der Waals surface area (Å²) >= 11 is 0. The molecule has 4 heteroatoms. The van der Waals surface area contributed by atoms with Crippen molar-refractivity contribution in [2.45, 2.75) is 32.4 Å². The fourth-order valence-corrected chi connectivity index (χ4v) is 2.09. The molecule has 0 radical (unpaired) electrons. The van der Waals surface area contributed by atoms with Crippen LogP contribution in [-0.2, 0) is 6.54 Å². The summed E-state index contributed by atoms with van der Waals surface area (Å²) in [4.78, 5) is 16.1. The lowest BCUT2D eigenvalue weighted by molar-refractivity contribution is 0.643. The summed E-state index contributed by atoms with van der Waals surface area (Å²) in [6.07, 6.45) is 8.01. The second kappa shape index (κ2) is 3.87. The first-order valence-electron chi connectivity index (χ1n) is 5.92. The maximum absolute atomic E-state index is 11.9. The Morgan fingerprint density at radius 1 is 1.47 bits per heavy atom. The smallest absolute Gasteiger partial charge is 0.253 e. The van der Waals surface area contributed by atoms with E-state index in [1.54, 1.807) is 4.57 Å². The van der Waals surface area contributed by atoms with Crippen molar-refractivity contribution in [3.8, 4) is 0 Å². The van der Waals surface area contributed by atoms with E-state index < -0.39 is 0 Å². The van der Waals surface area contributed by atoms with Crippen molar-refractivity contribution in [1.82, 2.24) is 14.1 Å². The van der Waals surface area contributed by atoms with Gasteiger partial charge in [-0.15, -0.1) is 0 Å². The van der Waals surface area contributed by atoms with Gasteiger partial charge >= 0.3 is 0 Å². The van der Waals surface area contributed by atoms with Crippen LogP contribution in [0.1, 0.15) is 30.1 Å². The Bertz CT molecular complexity index is 593. The van der Waals surface area contributed by atoms with E-state index in [-0.39, 0.29) is 5.56 Å². The van der Waals surface area contributed by atoms with Gasteiger partial charge in [-0.05, 0) is 25.8 Å². The van der Waals surface area contributed by atoms with E-state index in [1.807, 2.05) is 37.8 Å². The molecular weight excluding hydrogens is 214 g/mol. The molecule has 1 saturated carbocycles. The molecule has 2 aromatic heterocycles. The maximum Gasteiger partial charge on any atom is 0.253 e. The zero-order valence-electron chi connectivity index (χ0n) is 9.84. The van der Waals surface area contributed by atoms with E-state index in [4.69, 9.17) is 0 Å². The van der Waals surface area contributed by atoms with E-state index in [9.17, 15) is 4.79 Å². The quantitative estimate of drug-likeness (QED) is 0.804. The number of pyridine rings is 1. The molecule has 0 spiro atoms. The first kappa shape index (κ1) is 10.3. The Balaban J connectivity index is 1.93. The fourth-order valence-electron chi connectivity index (χ4n) is 2.09. The van der Waals surface area contributed by atoms with Crippen LogP contribution < -0.4 is 5.56 Å². The molecule has 88 valence electrons. The zero-order chi connectivity index (χ0) is 11.8. The van der Waals surface area contributed by atoms with E-state index in [0.717, 1.165) is 11.3 Å². The number of rotatable bonds is 3. The third-order valence-electron chi connectivity index (χ3n) is 3.23. The number of aryl methyl sites for hydroxylation is 1. The highest BCUT2D eigenvalue weighted by Gasteiger charge is 2.25. The van der Waals surface area contributed by atoms with E-state index in [0.29, 0.717) is 12.6 Å². The van der Waals surface area contributed by atoms with Gasteiger partial charge in [0.2, 0.25) is 0 Å². The lowest BCUT2D eigenvalue weighted by Gasteiger charge is -2.09. The SMILES string of the molecule is Cc1cccn(Cc2cncn2C2CC2)c1=O. The third kappa shape index (κ3) is 1.90. The summed E-state index contributed by atoms with van der Waals surface area (Å²) in [5.74, 6) is 0. The van der Waals surface area contributed by atoms with Crippen LogP contribution in [0.5, 0.6) is 0 Å². The standard InChI is InChI=1S/C13H15N3O/c1-10-3-2-6-15(13(10)17)8-12-7-14-9-16(12)11-4-5-11/h2-3,6-7,9,11H,4-5,8H2,1H3. The second-order valence-corrected chi connectivity index (χ2v) is 4.65. The number of hydrogen-bond donors (Lipinski definition) is 0. The van der Waals surface area contributed by atoms with Crippen LogP contribution in [0.2, 0.25) is 0 Å². The van der Waals surface area contributed by atoms with Crippen molar-refractivity contribution in [2.75, 3.05) is 0 Å². The lowest BCUT2D eigenvalue weighted by Crippen LogP contribution is -2.22. The average molecular weight is 229 g/mol. The Labute approximate surface area is 99.5 Å². The van der Waals surface area contributed by atoms with Gasteiger partial charge in [0.1, 0.15) is 0 Å². The van der Waals surface area contributed by atoms with E-state index in [1.165, 1.54) is 12.8 Å². The molecular formula is C13H15N3O. The molecule has 0 N–H and O–H groups in total. The number of imidazole rings is 1. The van der Waals surface area contributed by atoms with Gasteiger partial charge in [0.05, 0.1) is 18.6 Å². The Kier molecular flexibility index (Phi) is 2.35. The highest BCUT2D eigenvalue weighted by molar-refractivity contribution is 5.10. The highest BCUT2D eigenvalue weighted by Crippen LogP contribution is 2.35. The third-order valence-corrected chi connectivity index (χ3v) is 3.23. The molecule has 0 bridgehead atoms. The molecule has 0 amide bonds. The molecule has 0 unspecified atom stereocenters. The van der Waals surface area contributed by atoms with Gasteiger partial charge in [-0.1, -0.05) is 6.07 Å². The van der Waals surface area contributed by atoms with Crippen molar-refractivity contribution in [3.63, 3.8) is 0 Å². The average Bonchev–Trinajstić information content (AvgIpc) is 3.06. The Morgan fingerprint density at radius 3 is 3.06 bits per heavy atom. The van der Waals surface area contributed by atoms with Crippen LogP contribution in [0.25, 0.3) is 0 Å². The fraction of sp³-hybridized carbons (Fsp3) is 0.385. The van der Waals surface area contributed by atoms with Crippen LogP contribution in [0, 0.1) is 6.92 Å². The molecule has 17 heavy (non-hydrogen) atoms. The van der Waals surface area contributed by atoms with Gasteiger partial charge in [-0.25, -0.2) is 4.98 Å². The first-order valence-corrected chi connectivity index (χ1v) is 5.92. The normalized spacial score (nSPS) is 15.1. The van der Waals surface area contributed by atoms with Crippen molar-refractivity contribution >= 4 is 0 Å². The number of aromatic nitrogens is 3. The van der Waals surface area contributed by atoms with E-state index >= 15 is 0 Å². The van der Waals surface area contributed by atoms with Crippen LogP contribution in [0.4, 0.5) is 0 Å². The van der Waals surface area contributed by atoms with Gasteiger partial charge in [0, 0.05) is 24.0 Å². The van der Waals surface area contributed by atoms with E-state index in [2.05, 4.69) is 9.55 Å². The topological polar surface area (TPSA) is 39.8 Å². The summed E-state index contributed by atoms with van der Waals surface area (Å²) in [7, 11) is 0. The summed E-state index contributed by atoms with van der Waals surface area (Å²) in [5.41, 5.74) is 1.97. The van der Waals surface area contributed by atoms with Crippen LogP contribution >= 0.6 is 0 Å². The van der Waals surface area contributed by atoms with Gasteiger partial charge in [-0.2, -0.15) is 0 Å². The molecule has 0 atom stereocenters. The maximum atomic E-state index is 11.9. The van der Waals surface area contributed by atoms with Crippen molar-refractivity contribution in [1.29, 1.82) is 0 Å². The van der Waals surface area contributed by atoms with Gasteiger partial charge < -0.3 is 9.13 Å². The predicted octanol–water partition coefficient (Wildman–Crippen LogP) is 1.74. The Hall–Kier alpha value is -1.84. The summed E-state index contributed by atoms with van der Waals surface area (Å²) < 4.78 is 3.93. The van der Waals surface area contributed by atoms with Gasteiger partial charge in [0.15, 0.2) is 0 Å². The molecule has 0 aromatic carbocycles. The molecule has 3 rings (SSSR count). The van der Waals surface area contributed by atoms with Crippen LogP contribution in [0.15, 0.2) is 35.6 Å². The zero-order valence-corrected chi connectivity index (χ0v) is 9.84. The highest BCUT2D eigenvalue weighted by atomic mass is 16.1. The van der Waals surface area contributed by atoms with Gasteiger partial charge in [0.25, 0.3) is 5.56 Å². The van der Waals surface area contributed by atoms with Gasteiger partial charge in [-0.3, -0.25) is 4.79 Å². The molecule has 1 aliphatic carbocycles. The summed E-state index contributed by atoms with van der Waals surface area (Å²) in [6.45, 7) is 2.45. The monoisotopic (exact) mass is 229 g/mol. The summed E-state index contributed by atoms with van der Waals surface area (Å²) in [6, 6.07) is 4.36. The molecule has 1 aliphatic rings. The first-order chi connectivity index (χ1) is 8.25. The summed E-state index contributed by atoms with van der Waals surface area (Å²) in [5, 5.41) is 0. The number of hydrogen-bond acceptors (Lipinski definition) is 2. The van der Waals surface area contributed by atoms with Crippen molar-refractivity contribution in [3.05, 3.63) is 52.5 Å². The van der Waals surface area contributed by atoms with Crippen LogP contribution in [0.3, 0.4) is 0 Å². The lowest BCUT2D eigenvalue weighted by atomic mass is 10.3. The number of nitrogens with zero attached hydrogens (tertiary/aromatic N) is 3.